The molecule has 0 aromatic carbocycles. The zero-order valence-corrected chi connectivity index (χ0v) is 18.3. The maximum atomic E-state index is 14.7. The third-order valence-electron chi connectivity index (χ3n) is 4.54. The van der Waals surface area contributed by atoms with Crippen LogP contribution in [0.4, 0.5) is 26.5 Å². The van der Waals surface area contributed by atoms with Crippen LogP contribution in [0.5, 0.6) is 5.88 Å². The van der Waals surface area contributed by atoms with Crippen molar-refractivity contribution >= 4 is 23.4 Å². The van der Waals surface area contributed by atoms with Crippen molar-refractivity contribution in [2.45, 2.75) is 32.9 Å². The molecule has 0 aliphatic carbocycles. The van der Waals surface area contributed by atoms with Crippen LogP contribution in [-0.4, -0.2) is 53.6 Å². The van der Waals surface area contributed by atoms with Crippen LogP contribution < -0.4 is 20.7 Å². The first kappa shape index (κ1) is 24.6. The van der Waals surface area contributed by atoms with Gasteiger partial charge in [0, 0.05) is 37.1 Å². The summed E-state index contributed by atoms with van der Waals surface area (Å²) in [5.74, 6) is -0.392. The van der Waals surface area contributed by atoms with E-state index in [1.165, 1.54) is 6.20 Å². The van der Waals surface area contributed by atoms with Crippen LogP contribution in [0.15, 0.2) is 24.4 Å². The summed E-state index contributed by atoms with van der Waals surface area (Å²) < 4.78 is 25.1. The predicted octanol–water partition coefficient (Wildman–Crippen LogP) is 3.35. The molecule has 0 saturated carbocycles. The number of amides is 1. The number of anilines is 3. The van der Waals surface area contributed by atoms with E-state index in [1.54, 1.807) is 26.2 Å². The Morgan fingerprint density at radius 1 is 1.28 bits per heavy atom. The van der Waals surface area contributed by atoms with Crippen molar-refractivity contribution in [1.82, 2.24) is 15.3 Å². The maximum absolute atomic E-state index is 14.7. The lowest BCUT2D eigenvalue weighted by Gasteiger charge is -2.29. The molecule has 10 nitrogen and oxygen atoms in total. The van der Waals surface area contributed by atoms with E-state index < -0.39 is 24.0 Å². The zero-order valence-electron chi connectivity index (χ0n) is 18.3. The molecule has 0 aliphatic rings. The zero-order chi connectivity index (χ0) is 23.7. The van der Waals surface area contributed by atoms with Crippen LogP contribution in [0.3, 0.4) is 0 Å². The molecule has 0 radical (unpaired) electrons. The van der Waals surface area contributed by atoms with Gasteiger partial charge in [-0.1, -0.05) is 13.8 Å². The number of aromatic nitrogens is 2. The molecule has 0 unspecified atom stereocenters. The number of nitrogens with zero attached hydrogens (tertiary/aromatic N) is 3. The number of nitrogens with one attached hydrogen (secondary N) is 3. The SMILES string of the molecule is COCCOc1cc(Nc2nc(N[C@H](C(C)C)[C@H](C)NC(=O)O)c(F)cc2C#N)ccn1. The number of hydrogen-bond donors (Lipinski definition) is 4. The Balaban J connectivity index is 2.29. The lowest BCUT2D eigenvalue weighted by atomic mass is 9.97. The van der Waals surface area contributed by atoms with Gasteiger partial charge in [0.25, 0.3) is 0 Å². The van der Waals surface area contributed by atoms with E-state index in [0.717, 1.165) is 6.07 Å². The Hall–Kier alpha value is -3.65. The van der Waals surface area contributed by atoms with Crippen LogP contribution in [0.1, 0.15) is 26.3 Å². The van der Waals surface area contributed by atoms with Crippen molar-refractivity contribution in [3.05, 3.63) is 35.8 Å². The average molecular weight is 446 g/mol. The Morgan fingerprint density at radius 2 is 2.03 bits per heavy atom. The summed E-state index contributed by atoms with van der Waals surface area (Å²) in [6.07, 6.45) is 0.342. The van der Waals surface area contributed by atoms with Gasteiger partial charge in [-0.15, -0.1) is 0 Å². The monoisotopic (exact) mass is 446 g/mol. The topological polar surface area (TPSA) is 141 Å². The fourth-order valence-corrected chi connectivity index (χ4v) is 3.01. The number of ether oxygens (including phenoxy) is 2. The number of pyridine rings is 2. The maximum Gasteiger partial charge on any atom is 0.404 e. The normalized spacial score (nSPS) is 12.5. The van der Waals surface area contributed by atoms with E-state index in [-0.39, 0.29) is 23.1 Å². The molecule has 2 aromatic rings. The van der Waals surface area contributed by atoms with Crippen molar-refractivity contribution < 1.29 is 23.8 Å². The van der Waals surface area contributed by atoms with Crippen molar-refractivity contribution in [3.8, 4) is 11.9 Å². The largest absolute Gasteiger partial charge is 0.475 e. The minimum atomic E-state index is -1.18. The molecule has 0 aliphatic heterocycles. The molecule has 1 amide bonds. The molecule has 2 aromatic heterocycles. The molecule has 0 spiro atoms. The Kier molecular flexibility index (Phi) is 8.97. The number of nitriles is 1. The molecular weight excluding hydrogens is 419 g/mol. The van der Waals surface area contributed by atoms with E-state index in [1.807, 2.05) is 19.9 Å². The van der Waals surface area contributed by atoms with Gasteiger partial charge in [0.05, 0.1) is 12.2 Å². The van der Waals surface area contributed by atoms with Crippen molar-refractivity contribution in [2.24, 2.45) is 5.92 Å². The summed E-state index contributed by atoms with van der Waals surface area (Å²) >= 11 is 0. The number of carbonyl (C=O) groups is 1. The second-order valence-electron chi connectivity index (χ2n) is 7.33. The third-order valence-corrected chi connectivity index (χ3v) is 4.54. The summed E-state index contributed by atoms with van der Waals surface area (Å²) in [6.45, 7) is 6.15. The fraction of sp³-hybridized carbons (Fsp3) is 0.429. The van der Waals surface area contributed by atoms with Crippen LogP contribution in [0.25, 0.3) is 0 Å². The quantitative estimate of drug-likeness (QED) is 0.382. The van der Waals surface area contributed by atoms with Gasteiger partial charge in [-0.05, 0) is 25.0 Å². The van der Waals surface area contributed by atoms with Crippen LogP contribution in [0.2, 0.25) is 0 Å². The van der Waals surface area contributed by atoms with Gasteiger partial charge in [0.1, 0.15) is 12.7 Å². The van der Waals surface area contributed by atoms with Crippen LogP contribution in [-0.2, 0) is 4.74 Å². The van der Waals surface area contributed by atoms with Gasteiger partial charge in [0.2, 0.25) is 5.88 Å². The molecule has 2 rings (SSSR count). The summed E-state index contributed by atoms with van der Waals surface area (Å²) in [6, 6.07) is 5.29. The molecular formula is C21H27FN6O4. The first-order valence-electron chi connectivity index (χ1n) is 9.96. The molecule has 2 atom stereocenters. The number of halogens is 1. The number of hydrogen-bond acceptors (Lipinski definition) is 8. The van der Waals surface area contributed by atoms with Gasteiger partial charge < -0.3 is 30.5 Å². The summed E-state index contributed by atoms with van der Waals surface area (Å²) in [4.78, 5) is 19.4. The molecule has 0 saturated heterocycles. The van der Waals surface area contributed by atoms with E-state index in [2.05, 4.69) is 25.9 Å². The average Bonchev–Trinajstić information content (AvgIpc) is 2.73. The van der Waals surface area contributed by atoms with E-state index in [9.17, 15) is 14.4 Å². The number of rotatable bonds is 11. The summed E-state index contributed by atoms with van der Waals surface area (Å²) in [5.41, 5.74) is 0.541. The van der Waals surface area contributed by atoms with Gasteiger partial charge >= 0.3 is 6.09 Å². The highest BCUT2D eigenvalue weighted by Gasteiger charge is 2.24. The third kappa shape index (κ3) is 6.95. The predicted molar refractivity (Wildman–Crippen MR) is 117 cm³/mol. The van der Waals surface area contributed by atoms with E-state index in [4.69, 9.17) is 14.6 Å². The fourth-order valence-electron chi connectivity index (χ4n) is 3.01. The summed E-state index contributed by atoms with van der Waals surface area (Å²) in [7, 11) is 1.56. The molecule has 0 bridgehead atoms. The van der Waals surface area contributed by atoms with Gasteiger partial charge in [-0.3, -0.25) is 0 Å². The first-order valence-corrected chi connectivity index (χ1v) is 9.96. The van der Waals surface area contributed by atoms with Gasteiger partial charge in [0.15, 0.2) is 17.5 Å². The van der Waals surface area contributed by atoms with Crippen molar-refractivity contribution in [1.29, 1.82) is 5.26 Å². The van der Waals surface area contributed by atoms with Gasteiger partial charge in [-0.2, -0.15) is 5.26 Å². The van der Waals surface area contributed by atoms with Gasteiger partial charge in [-0.25, -0.2) is 19.2 Å². The first-order chi connectivity index (χ1) is 15.2. The van der Waals surface area contributed by atoms with Crippen LogP contribution >= 0.6 is 0 Å². The molecule has 32 heavy (non-hydrogen) atoms. The van der Waals surface area contributed by atoms with Crippen LogP contribution in [0, 0.1) is 23.1 Å². The Bertz CT molecular complexity index is 966. The molecule has 4 N–H and O–H groups in total. The Labute approximate surface area is 185 Å². The summed E-state index contributed by atoms with van der Waals surface area (Å²) in [5, 5.41) is 26.8. The molecule has 2 heterocycles. The Morgan fingerprint density at radius 3 is 2.66 bits per heavy atom. The second kappa shape index (κ2) is 11.7. The smallest absolute Gasteiger partial charge is 0.404 e. The minimum Gasteiger partial charge on any atom is -0.475 e. The standard InChI is InChI=1S/C21H27FN6O4/c1-12(2)18(13(3)25-21(29)30)27-20-16(22)9-14(11-23)19(28-20)26-15-5-6-24-17(10-15)32-8-7-31-4/h5-6,9-10,12-13,18,25H,7-8H2,1-4H3,(H,29,30)(H2,24,26,27,28)/t13-,18+/m0/s1. The molecule has 0 fully saturated rings. The highest BCUT2D eigenvalue weighted by atomic mass is 19.1. The highest BCUT2D eigenvalue weighted by molar-refractivity contribution is 5.66. The molecule has 11 heteroatoms. The minimum absolute atomic E-state index is 0.00419. The lowest BCUT2D eigenvalue weighted by Crippen LogP contribution is -2.47. The van der Waals surface area contributed by atoms with Crippen molar-refractivity contribution in [3.63, 3.8) is 0 Å². The number of carboxylic acid groups (broad SMARTS) is 1. The van der Waals surface area contributed by atoms with E-state index >= 15 is 0 Å². The number of methoxy groups -OCH3 is 1. The second-order valence-corrected chi connectivity index (χ2v) is 7.33. The van der Waals surface area contributed by atoms with E-state index in [0.29, 0.717) is 24.8 Å². The lowest BCUT2D eigenvalue weighted by molar-refractivity contribution is 0.144. The highest BCUT2D eigenvalue weighted by Crippen LogP contribution is 2.26. The van der Waals surface area contributed by atoms with Crippen molar-refractivity contribution in [2.75, 3.05) is 31.0 Å². The molecule has 172 valence electrons.